The maximum atomic E-state index is 11.7. The second-order valence-corrected chi connectivity index (χ2v) is 5.28. The van der Waals surface area contributed by atoms with E-state index in [-0.39, 0.29) is 5.91 Å². The maximum absolute atomic E-state index is 11.7. The fourth-order valence-corrected chi connectivity index (χ4v) is 1.97. The van der Waals surface area contributed by atoms with E-state index in [2.05, 4.69) is 37.2 Å². The molecule has 1 aromatic rings. The lowest BCUT2D eigenvalue weighted by atomic mass is 10.1. The van der Waals surface area contributed by atoms with Crippen molar-refractivity contribution in [2.75, 3.05) is 5.32 Å². The van der Waals surface area contributed by atoms with E-state index in [1.54, 1.807) is 0 Å². The molecule has 16 heavy (non-hydrogen) atoms. The van der Waals surface area contributed by atoms with Gasteiger partial charge in [-0.2, -0.15) is 0 Å². The Kier molecular flexibility index (Phi) is 5.44. The van der Waals surface area contributed by atoms with Gasteiger partial charge in [-0.1, -0.05) is 29.3 Å². The molecule has 3 N–H and O–H groups in total. The Bertz CT molecular complexity index is 382. The molecule has 0 spiro atoms. The van der Waals surface area contributed by atoms with Crippen molar-refractivity contribution in [2.24, 2.45) is 5.73 Å². The number of nitrogens with two attached hydrogens (primary N) is 1. The van der Waals surface area contributed by atoms with Crippen LogP contribution in [-0.4, -0.2) is 11.9 Å². The molecule has 0 saturated heterocycles. The van der Waals surface area contributed by atoms with Crippen LogP contribution in [0.3, 0.4) is 0 Å². The van der Waals surface area contributed by atoms with Gasteiger partial charge in [0.2, 0.25) is 5.91 Å². The van der Waals surface area contributed by atoms with E-state index in [9.17, 15) is 4.79 Å². The van der Waals surface area contributed by atoms with Crippen LogP contribution in [0.5, 0.6) is 0 Å². The van der Waals surface area contributed by atoms with Gasteiger partial charge in [0.25, 0.3) is 0 Å². The van der Waals surface area contributed by atoms with Crippen molar-refractivity contribution in [3.05, 3.63) is 27.1 Å². The highest BCUT2D eigenvalue weighted by atomic mass is 79.9. The van der Waals surface area contributed by atoms with E-state index in [1.165, 1.54) is 0 Å². The predicted octanol–water partition coefficient (Wildman–Crippen LogP) is 3.28. The normalized spacial score (nSPS) is 12.2. The number of hydrogen-bond donors (Lipinski definition) is 2. The lowest BCUT2D eigenvalue weighted by Crippen LogP contribution is -2.35. The number of hydrogen-bond acceptors (Lipinski definition) is 2. The molecule has 0 bridgehead atoms. The molecule has 0 aliphatic rings. The third-order valence-electron chi connectivity index (χ3n) is 2.12. The molecule has 1 aromatic carbocycles. The largest absolute Gasteiger partial charge is 0.324 e. The molecule has 88 valence electrons. The van der Waals surface area contributed by atoms with Crippen LogP contribution in [-0.2, 0) is 4.79 Å². The Hall–Kier alpha value is -0.390. The van der Waals surface area contributed by atoms with E-state index in [0.717, 1.165) is 21.1 Å². The van der Waals surface area contributed by atoms with Gasteiger partial charge in [0.15, 0.2) is 0 Å². The smallest absolute Gasteiger partial charge is 0.241 e. The summed E-state index contributed by atoms with van der Waals surface area (Å²) in [5.74, 6) is -0.152. The van der Waals surface area contributed by atoms with E-state index >= 15 is 0 Å². The van der Waals surface area contributed by atoms with Crippen LogP contribution in [0.15, 0.2) is 27.1 Å². The van der Waals surface area contributed by atoms with Gasteiger partial charge in [0.1, 0.15) is 0 Å². The fourth-order valence-electron chi connectivity index (χ4n) is 1.26. The lowest BCUT2D eigenvalue weighted by Gasteiger charge is -2.12. The fraction of sp³-hybridized carbons (Fsp3) is 0.364. The van der Waals surface area contributed by atoms with Crippen molar-refractivity contribution >= 4 is 43.5 Å². The van der Waals surface area contributed by atoms with Crippen molar-refractivity contribution in [3.8, 4) is 0 Å². The maximum Gasteiger partial charge on any atom is 0.241 e. The van der Waals surface area contributed by atoms with Crippen molar-refractivity contribution in [2.45, 2.75) is 25.8 Å². The minimum absolute atomic E-state index is 0.152. The Labute approximate surface area is 112 Å². The van der Waals surface area contributed by atoms with Gasteiger partial charge >= 0.3 is 0 Å². The Morgan fingerprint density at radius 2 is 2.19 bits per heavy atom. The summed E-state index contributed by atoms with van der Waals surface area (Å²) in [6.45, 7) is 2.00. The molecule has 5 heteroatoms. The Balaban J connectivity index is 2.72. The van der Waals surface area contributed by atoms with E-state index in [1.807, 2.05) is 25.1 Å². The van der Waals surface area contributed by atoms with Gasteiger partial charge in [-0.25, -0.2) is 0 Å². The summed E-state index contributed by atoms with van der Waals surface area (Å²) < 4.78 is 1.75. The van der Waals surface area contributed by atoms with Crippen LogP contribution in [0.4, 0.5) is 5.69 Å². The number of rotatable bonds is 4. The second kappa shape index (κ2) is 6.37. The van der Waals surface area contributed by atoms with Crippen molar-refractivity contribution in [3.63, 3.8) is 0 Å². The summed E-state index contributed by atoms with van der Waals surface area (Å²) in [4.78, 5) is 11.7. The number of amides is 1. The molecule has 3 nitrogen and oxygen atoms in total. The van der Waals surface area contributed by atoms with Crippen molar-refractivity contribution in [1.82, 2.24) is 0 Å². The zero-order chi connectivity index (χ0) is 12.1. The third-order valence-corrected chi connectivity index (χ3v) is 3.31. The van der Waals surface area contributed by atoms with Gasteiger partial charge < -0.3 is 11.1 Å². The zero-order valence-corrected chi connectivity index (χ0v) is 12.1. The molecule has 0 aliphatic heterocycles. The number of carbonyl (C=O) groups excluding carboxylic acids is 1. The minimum atomic E-state index is -0.448. The lowest BCUT2D eigenvalue weighted by molar-refractivity contribution is -0.117. The zero-order valence-electron chi connectivity index (χ0n) is 8.97. The van der Waals surface area contributed by atoms with Gasteiger partial charge in [0, 0.05) is 8.95 Å². The first-order valence-corrected chi connectivity index (χ1v) is 6.64. The van der Waals surface area contributed by atoms with E-state index in [0.29, 0.717) is 6.42 Å². The average molecular weight is 350 g/mol. The highest BCUT2D eigenvalue weighted by Crippen LogP contribution is 2.26. The van der Waals surface area contributed by atoms with Crippen LogP contribution < -0.4 is 11.1 Å². The number of anilines is 1. The topological polar surface area (TPSA) is 55.1 Å². The molecular weight excluding hydrogens is 336 g/mol. The van der Waals surface area contributed by atoms with Gasteiger partial charge in [-0.05, 0) is 40.5 Å². The minimum Gasteiger partial charge on any atom is -0.324 e. The SMILES string of the molecule is CCC[C@@H](N)C(=O)Nc1cc(Br)ccc1Br. The van der Waals surface area contributed by atoms with Crippen LogP contribution in [0, 0.1) is 0 Å². The molecular formula is C11H14Br2N2O. The highest BCUT2D eigenvalue weighted by molar-refractivity contribution is 9.11. The van der Waals surface area contributed by atoms with Crippen molar-refractivity contribution in [1.29, 1.82) is 0 Å². The molecule has 0 saturated carbocycles. The Morgan fingerprint density at radius 1 is 1.50 bits per heavy atom. The summed E-state index contributed by atoms with van der Waals surface area (Å²) in [7, 11) is 0. The summed E-state index contributed by atoms with van der Waals surface area (Å²) in [5.41, 5.74) is 6.45. The Morgan fingerprint density at radius 3 is 2.81 bits per heavy atom. The first-order valence-electron chi connectivity index (χ1n) is 5.06. The molecule has 0 heterocycles. The summed E-state index contributed by atoms with van der Waals surface area (Å²) in [6, 6.07) is 5.15. The molecule has 0 fully saturated rings. The van der Waals surface area contributed by atoms with Gasteiger partial charge in [0.05, 0.1) is 11.7 Å². The van der Waals surface area contributed by atoms with Gasteiger partial charge in [-0.15, -0.1) is 0 Å². The average Bonchev–Trinajstić information content (AvgIpc) is 2.23. The number of carbonyl (C=O) groups is 1. The van der Waals surface area contributed by atoms with Crippen LogP contribution in [0.1, 0.15) is 19.8 Å². The van der Waals surface area contributed by atoms with E-state index < -0.39 is 6.04 Å². The summed E-state index contributed by atoms with van der Waals surface area (Å²) in [6.07, 6.45) is 1.59. The monoisotopic (exact) mass is 348 g/mol. The molecule has 1 rings (SSSR count). The number of halogens is 2. The van der Waals surface area contributed by atoms with Crippen LogP contribution in [0.2, 0.25) is 0 Å². The first kappa shape index (κ1) is 13.7. The second-order valence-electron chi connectivity index (χ2n) is 3.51. The predicted molar refractivity (Wildman–Crippen MR) is 73.4 cm³/mol. The molecule has 1 atom stereocenters. The van der Waals surface area contributed by atoms with Crippen molar-refractivity contribution < 1.29 is 4.79 Å². The van der Waals surface area contributed by atoms with Crippen LogP contribution in [0.25, 0.3) is 0 Å². The van der Waals surface area contributed by atoms with Gasteiger partial charge in [-0.3, -0.25) is 4.79 Å². The van der Waals surface area contributed by atoms with E-state index in [4.69, 9.17) is 5.73 Å². The third kappa shape index (κ3) is 3.88. The summed E-state index contributed by atoms with van der Waals surface area (Å²) in [5, 5.41) is 2.79. The molecule has 0 aliphatic carbocycles. The number of nitrogens with one attached hydrogen (secondary N) is 1. The number of benzene rings is 1. The highest BCUT2D eigenvalue weighted by Gasteiger charge is 2.13. The standard InChI is InChI=1S/C11H14Br2N2O/c1-2-3-9(14)11(16)15-10-6-7(12)4-5-8(10)13/h4-6,9H,2-3,14H2,1H3,(H,15,16)/t9-/m1/s1. The molecule has 0 radical (unpaired) electrons. The van der Waals surface area contributed by atoms with Crippen LogP contribution >= 0.6 is 31.9 Å². The molecule has 0 aromatic heterocycles. The summed E-state index contributed by atoms with van der Waals surface area (Å²) >= 11 is 6.72. The first-order chi connectivity index (χ1) is 7.54. The molecule has 0 unspecified atom stereocenters. The molecule has 1 amide bonds. The quantitative estimate of drug-likeness (QED) is 0.876.